The van der Waals surface area contributed by atoms with Crippen molar-refractivity contribution in [3.63, 3.8) is 0 Å². The van der Waals surface area contributed by atoms with Gasteiger partial charge in [0.05, 0.1) is 19.1 Å². The molecule has 0 saturated carbocycles. The first kappa shape index (κ1) is 14.0. The van der Waals surface area contributed by atoms with Gasteiger partial charge in [0.15, 0.2) is 0 Å². The first-order valence-corrected chi connectivity index (χ1v) is 6.82. The van der Waals surface area contributed by atoms with E-state index in [4.69, 9.17) is 4.74 Å². The maximum absolute atomic E-state index is 12.3. The van der Waals surface area contributed by atoms with Gasteiger partial charge in [0.25, 0.3) is 0 Å². The van der Waals surface area contributed by atoms with Crippen LogP contribution in [-0.2, 0) is 16.0 Å². The molecule has 1 saturated heterocycles. The smallest absolute Gasteiger partial charge is 0.144 e. The lowest BCUT2D eigenvalue weighted by Crippen LogP contribution is -2.40. The highest BCUT2D eigenvalue weighted by Crippen LogP contribution is 2.18. The first-order valence-electron chi connectivity index (χ1n) is 6.82. The predicted octanol–water partition coefficient (Wildman–Crippen LogP) is 1.52. The minimum absolute atomic E-state index is 0.0552. The number of phenols is 1. The van der Waals surface area contributed by atoms with E-state index in [2.05, 4.69) is 12.2 Å². The van der Waals surface area contributed by atoms with Crippen molar-refractivity contribution in [1.29, 1.82) is 0 Å². The number of carbonyl (C=O) groups is 1. The summed E-state index contributed by atoms with van der Waals surface area (Å²) in [6.07, 6.45) is 1.45. The van der Waals surface area contributed by atoms with E-state index in [1.165, 1.54) is 0 Å². The van der Waals surface area contributed by atoms with Gasteiger partial charge in [0, 0.05) is 12.5 Å². The number of aromatic hydroxyl groups is 1. The van der Waals surface area contributed by atoms with Gasteiger partial charge in [-0.1, -0.05) is 19.1 Å². The average molecular weight is 263 g/mol. The fraction of sp³-hybridized carbons (Fsp3) is 0.533. The van der Waals surface area contributed by atoms with Crippen molar-refractivity contribution in [1.82, 2.24) is 5.32 Å². The minimum Gasteiger partial charge on any atom is -0.508 e. The molecule has 19 heavy (non-hydrogen) atoms. The van der Waals surface area contributed by atoms with Gasteiger partial charge in [0.2, 0.25) is 0 Å². The van der Waals surface area contributed by atoms with E-state index >= 15 is 0 Å². The van der Waals surface area contributed by atoms with Crippen molar-refractivity contribution in [2.24, 2.45) is 5.92 Å². The molecule has 1 heterocycles. The standard InChI is InChI=1S/C15H21NO3/c1-2-7-16-14-10-19-9-13(14)15(18)8-11-3-5-12(17)6-4-11/h3-6,13-14,16-17H,2,7-10H2,1H3. The second-order valence-electron chi connectivity index (χ2n) is 5.01. The molecule has 1 aromatic carbocycles. The molecule has 0 aliphatic carbocycles. The molecular weight excluding hydrogens is 242 g/mol. The van der Waals surface area contributed by atoms with E-state index in [9.17, 15) is 9.90 Å². The SMILES string of the molecule is CCCNC1COCC1C(=O)Cc1ccc(O)cc1. The molecule has 4 heteroatoms. The Labute approximate surface area is 113 Å². The van der Waals surface area contributed by atoms with Crippen LogP contribution in [0.2, 0.25) is 0 Å². The molecule has 0 spiro atoms. The van der Waals surface area contributed by atoms with Crippen LogP contribution in [0.4, 0.5) is 0 Å². The Kier molecular flexibility index (Phi) is 4.93. The molecule has 1 aliphatic rings. The molecule has 4 nitrogen and oxygen atoms in total. The predicted molar refractivity (Wildman–Crippen MR) is 73.2 cm³/mol. The summed E-state index contributed by atoms with van der Waals surface area (Å²) < 4.78 is 5.42. The quantitative estimate of drug-likeness (QED) is 0.817. The molecular formula is C15H21NO3. The average Bonchev–Trinajstić information content (AvgIpc) is 2.87. The van der Waals surface area contributed by atoms with Gasteiger partial charge in [0.1, 0.15) is 11.5 Å². The number of ether oxygens (including phenoxy) is 1. The van der Waals surface area contributed by atoms with Crippen LogP contribution in [0.15, 0.2) is 24.3 Å². The second-order valence-corrected chi connectivity index (χ2v) is 5.01. The summed E-state index contributed by atoms with van der Waals surface area (Å²) in [7, 11) is 0. The molecule has 104 valence electrons. The number of benzene rings is 1. The third-order valence-corrected chi connectivity index (χ3v) is 3.47. The minimum atomic E-state index is -0.0552. The topological polar surface area (TPSA) is 58.6 Å². The number of phenolic OH excluding ortho intramolecular Hbond substituents is 1. The van der Waals surface area contributed by atoms with Gasteiger partial charge in [-0.3, -0.25) is 4.79 Å². The van der Waals surface area contributed by atoms with Gasteiger partial charge < -0.3 is 15.2 Å². The first-order chi connectivity index (χ1) is 9.20. The lowest BCUT2D eigenvalue weighted by molar-refractivity contribution is -0.122. The van der Waals surface area contributed by atoms with Crippen molar-refractivity contribution in [2.45, 2.75) is 25.8 Å². The van der Waals surface area contributed by atoms with Crippen molar-refractivity contribution in [2.75, 3.05) is 19.8 Å². The molecule has 0 amide bonds. The zero-order valence-corrected chi connectivity index (χ0v) is 11.3. The van der Waals surface area contributed by atoms with Gasteiger partial charge in [-0.15, -0.1) is 0 Å². The number of nitrogens with one attached hydrogen (secondary N) is 1. The molecule has 0 bridgehead atoms. The van der Waals surface area contributed by atoms with E-state index in [1.807, 2.05) is 0 Å². The van der Waals surface area contributed by atoms with E-state index in [-0.39, 0.29) is 23.5 Å². The summed E-state index contributed by atoms with van der Waals surface area (Å²) >= 11 is 0. The third-order valence-electron chi connectivity index (χ3n) is 3.47. The molecule has 2 rings (SSSR count). The second kappa shape index (κ2) is 6.68. The highest BCUT2D eigenvalue weighted by atomic mass is 16.5. The fourth-order valence-electron chi connectivity index (χ4n) is 2.35. The normalized spacial score (nSPS) is 22.6. The van der Waals surface area contributed by atoms with E-state index in [0.717, 1.165) is 18.5 Å². The summed E-state index contributed by atoms with van der Waals surface area (Å²) in [5.74, 6) is 0.375. The number of rotatable bonds is 6. The van der Waals surface area contributed by atoms with Gasteiger partial charge in [-0.2, -0.15) is 0 Å². The van der Waals surface area contributed by atoms with E-state index < -0.39 is 0 Å². The molecule has 1 aliphatic heterocycles. The third kappa shape index (κ3) is 3.78. The number of hydrogen-bond acceptors (Lipinski definition) is 4. The van der Waals surface area contributed by atoms with Crippen LogP contribution >= 0.6 is 0 Å². The Morgan fingerprint density at radius 1 is 1.37 bits per heavy atom. The Morgan fingerprint density at radius 2 is 2.11 bits per heavy atom. The van der Waals surface area contributed by atoms with Gasteiger partial charge >= 0.3 is 0 Å². The monoisotopic (exact) mass is 263 g/mol. The van der Waals surface area contributed by atoms with Gasteiger partial charge in [-0.25, -0.2) is 0 Å². The molecule has 0 radical (unpaired) electrons. The van der Waals surface area contributed by atoms with Crippen LogP contribution in [-0.4, -0.2) is 36.7 Å². The maximum Gasteiger partial charge on any atom is 0.144 e. The number of ketones is 1. The van der Waals surface area contributed by atoms with Crippen LogP contribution in [0.25, 0.3) is 0 Å². The number of hydrogen-bond donors (Lipinski definition) is 2. The van der Waals surface area contributed by atoms with Crippen LogP contribution in [0.1, 0.15) is 18.9 Å². The Hall–Kier alpha value is -1.39. The number of Topliss-reactive ketones (excluding diaryl/α,β-unsaturated/α-hetero) is 1. The van der Waals surface area contributed by atoms with Crippen LogP contribution in [0.5, 0.6) is 5.75 Å². The maximum atomic E-state index is 12.3. The highest BCUT2D eigenvalue weighted by molar-refractivity contribution is 5.84. The van der Waals surface area contributed by atoms with Gasteiger partial charge in [-0.05, 0) is 30.7 Å². The zero-order valence-electron chi connectivity index (χ0n) is 11.3. The lowest BCUT2D eigenvalue weighted by atomic mass is 9.93. The van der Waals surface area contributed by atoms with Crippen LogP contribution in [0, 0.1) is 5.92 Å². The summed E-state index contributed by atoms with van der Waals surface area (Å²) in [5, 5.41) is 12.6. The summed E-state index contributed by atoms with van der Waals surface area (Å²) in [6.45, 7) is 4.15. The van der Waals surface area contributed by atoms with Crippen LogP contribution < -0.4 is 5.32 Å². The summed E-state index contributed by atoms with van der Waals surface area (Å²) in [4.78, 5) is 12.3. The Morgan fingerprint density at radius 3 is 2.79 bits per heavy atom. The molecule has 2 N–H and O–H groups in total. The Balaban J connectivity index is 1.93. The summed E-state index contributed by atoms with van der Waals surface area (Å²) in [5.41, 5.74) is 0.934. The van der Waals surface area contributed by atoms with Crippen LogP contribution in [0.3, 0.4) is 0 Å². The van der Waals surface area contributed by atoms with E-state index in [0.29, 0.717) is 19.6 Å². The largest absolute Gasteiger partial charge is 0.508 e. The lowest BCUT2D eigenvalue weighted by Gasteiger charge is -2.17. The summed E-state index contributed by atoms with van der Waals surface area (Å²) in [6, 6.07) is 6.94. The number of carbonyl (C=O) groups excluding carboxylic acids is 1. The van der Waals surface area contributed by atoms with Crippen molar-refractivity contribution in [3.8, 4) is 5.75 Å². The molecule has 1 fully saturated rings. The molecule has 0 aromatic heterocycles. The van der Waals surface area contributed by atoms with E-state index in [1.54, 1.807) is 24.3 Å². The van der Waals surface area contributed by atoms with Crippen molar-refractivity contribution >= 4 is 5.78 Å². The highest BCUT2D eigenvalue weighted by Gasteiger charge is 2.33. The van der Waals surface area contributed by atoms with Crippen molar-refractivity contribution in [3.05, 3.63) is 29.8 Å². The molecule has 2 atom stereocenters. The Bertz CT molecular complexity index is 416. The fourth-order valence-corrected chi connectivity index (χ4v) is 2.35. The molecule has 2 unspecified atom stereocenters. The zero-order chi connectivity index (χ0) is 13.7. The van der Waals surface area contributed by atoms with Crippen molar-refractivity contribution < 1.29 is 14.6 Å². The molecule has 1 aromatic rings.